The third-order valence-electron chi connectivity index (χ3n) is 4.97. The van der Waals surface area contributed by atoms with Crippen LogP contribution in [0.5, 0.6) is 0 Å². The van der Waals surface area contributed by atoms with Crippen molar-refractivity contribution in [3.63, 3.8) is 0 Å². The van der Waals surface area contributed by atoms with Crippen molar-refractivity contribution in [1.29, 1.82) is 0 Å². The van der Waals surface area contributed by atoms with Gasteiger partial charge in [0.15, 0.2) is 0 Å². The second-order valence-corrected chi connectivity index (χ2v) is 7.07. The second kappa shape index (κ2) is 10.7. The molecule has 0 unspecified atom stereocenters. The number of nitrogens with one attached hydrogen (secondary N) is 1. The zero-order valence-corrected chi connectivity index (χ0v) is 17.3. The van der Waals surface area contributed by atoms with E-state index in [0.717, 1.165) is 19.3 Å². The molecule has 158 valence electrons. The lowest BCUT2D eigenvalue weighted by atomic mass is 9.83. The molecule has 7 heteroatoms. The number of rotatable bonds is 9. The minimum Gasteiger partial charge on any atom is -0.463 e. The number of amides is 2. The summed E-state index contributed by atoms with van der Waals surface area (Å²) >= 11 is 0. The summed E-state index contributed by atoms with van der Waals surface area (Å²) in [5.74, 6) is -2.17. The van der Waals surface area contributed by atoms with E-state index in [-0.39, 0.29) is 37.0 Å². The van der Waals surface area contributed by atoms with Crippen molar-refractivity contribution in [3.05, 3.63) is 46.9 Å². The Bertz CT molecular complexity index is 791. The van der Waals surface area contributed by atoms with Crippen LogP contribution in [-0.4, -0.2) is 42.4 Å². The van der Waals surface area contributed by atoms with E-state index >= 15 is 0 Å². The number of hydrogen-bond donors (Lipinski definition) is 1. The molecule has 6 nitrogen and oxygen atoms in total. The number of nitrogens with zero attached hydrogens (tertiary/aromatic N) is 1. The van der Waals surface area contributed by atoms with Crippen LogP contribution >= 0.6 is 0 Å². The Balaban J connectivity index is 2.29. The van der Waals surface area contributed by atoms with Crippen LogP contribution in [0.25, 0.3) is 0 Å². The maximum absolute atomic E-state index is 13.7. The van der Waals surface area contributed by atoms with E-state index in [1.165, 1.54) is 17.0 Å². The fourth-order valence-corrected chi connectivity index (χ4v) is 3.49. The molecule has 29 heavy (non-hydrogen) atoms. The van der Waals surface area contributed by atoms with Crippen molar-refractivity contribution in [2.75, 3.05) is 19.7 Å². The average molecular weight is 404 g/mol. The first-order valence-corrected chi connectivity index (χ1v) is 10.1. The topological polar surface area (TPSA) is 75.7 Å². The molecule has 2 rings (SSSR count). The van der Waals surface area contributed by atoms with Gasteiger partial charge < -0.3 is 15.0 Å². The molecule has 0 fully saturated rings. The third-order valence-corrected chi connectivity index (χ3v) is 4.97. The molecule has 1 aliphatic heterocycles. The number of carbonyl (C=O) groups is 3. The molecule has 1 N–H and O–H groups in total. The van der Waals surface area contributed by atoms with Crippen molar-refractivity contribution in [2.24, 2.45) is 0 Å². The molecule has 2 amide bonds. The SMILES string of the molecule is CCCCCNC(=O)CN1C(=O)C[C@@H](c2cccc(F)c2)C(C(=O)OCC)=C1C. The Morgan fingerprint density at radius 3 is 2.69 bits per heavy atom. The van der Waals surface area contributed by atoms with E-state index < -0.39 is 17.7 Å². The van der Waals surface area contributed by atoms with E-state index in [1.54, 1.807) is 26.0 Å². The van der Waals surface area contributed by atoms with Crippen LogP contribution in [0.4, 0.5) is 4.39 Å². The number of hydrogen-bond acceptors (Lipinski definition) is 4. The maximum Gasteiger partial charge on any atom is 0.336 e. The molecule has 0 saturated carbocycles. The van der Waals surface area contributed by atoms with E-state index in [4.69, 9.17) is 4.74 Å². The highest BCUT2D eigenvalue weighted by molar-refractivity contribution is 5.97. The van der Waals surface area contributed by atoms with Crippen LogP contribution in [0.2, 0.25) is 0 Å². The number of allylic oxidation sites excluding steroid dienone is 1. The van der Waals surface area contributed by atoms with Gasteiger partial charge in [-0.25, -0.2) is 9.18 Å². The first-order valence-electron chi connectivity index (χ1n) is 10.1. The monoisotopic (exact) mass is 404 g/mol. The van der Waals surface area contributed by atoms with Gasteiger partial charge in [0.2, 0.25) is 11.8 Å². The van der Waals surface area contributed by atoms with E-state index in [9.17, 15) is 18.8 Å². The van der Waals surface area contributed by atoms with Crippen molar-refractivity contribution < 1.29 is 23.5 Å². The number of unbranched alkanes of at least 4 members (excludes halogenated alkanes) is 2. The van der Waals surface area contributed by atoms with Gasteiger partial charge in [0.1, 0.15) is 12.4 Å². The largest absolute Gasteiger partial charge is 0.463 e. The second-order valence-electron chi connectivity index (χ2n) is 7.07. The first-order chi connectivity index (χ1) is 13.9. The molecule has 0 aliphatic carbocycles. The van der Waals surface area contributed by atoms with E-state index in [0.29, 0.717) is 17.8 Å². The Morgan fingerprint density at radius 2 is 2.03 bits per heavy atom. The molecule has 1 heterocycles. The number of esters is 1. The van der Waals surface area contributed by atoms with Crippen molar-refractivity contribution in [1.82, 2.24) is 10.2 Å². The molecule has 1 aliphatic rings. The summed E-state index contributed by atoms with van der Waals surface area (Å²) < 4.78 is 18.9. The molecule has 0 spiro atoms. The lowest BCUT2D eigenvalue weighted by Gasteiger charge is -2.34. The number of ether oxygens (including phenoxy) is 1. The number of carbonyl (C=O) groups excluding carboxylic acids is 3. The Hall–Kier alpha value is -2.70. The van der Waals surface area contributed by atoms with Gasteiger partial charge in [0.05, 0.1) is 12.2 Å². The molecule has 0 radical (unpaired) electrons. The standard InChI is InChI=1S/C22H29FN2O4/c1-4-6-7-11-24-19(26)14-25-15(3)21(22(28)29-5-2)18(13-20(25)27)16-9-8-10-17(23)12-16/h8-10,12,18H,4-7,11,13-14H2,1-3H3,(H,24,26)/t18-/m0/s1. The van der Waals surface area contributed by atoms with Gasteiger partial charge in [-0.2, -0.15) is 0 Å². The van der Waals surface area contributed by atoms with Gasteiger partial charge in [-0.3, -0.25) is 9.59 Å². The summed E-state index contributed by atoms with van der Waals surface area (Å²) in [5, 5.41) is 2.80. The zero-order chi connectivity index (χ0) is 21.4. The van der Waals surface area contributed by atoms with E-state index in [1.807, 2.05) is 0 Å². The highest BCUT2D eigenvalue weighted by Gasteiger charge is 2.37. The van der Waals surface area contributed by atoms with Gasteiger partial charge >= 0.3 is 5.97 Å². The number of benzene rings is 1. The zero-order valence-electron chi connectivity index (χ0n) is 17.3. The van der Waals surface area contributed by atoms with Crippen molar-refractivity contribution in [2.45, 2.75) is 52.4 Å². The molecule has 0 bridgehead atoms. The van der Waals surface area contributed by atoms with Crippen LogP contribution in [0.3, 0.4) is 0 Å². The molecular formula is C22H29FN2O4. The van der Waals surface area contributed by atoms with E-state index in [2.05, 4.69) is 12.2 Å². The molecule has 0 aromatic heterocycles. The summed E-state index contributed by atoms with van der Waals surface area (Å²) in [4.78, 5) is 39.0. The Morgan fingerprint density at radius 1 is 1.28 bits per heavy atom. The van der Waals surface area contributed by atoms with Gasteiger partial charge in [0, 0.05) is 24.6 Å². The fourth-order valence-electron chi connectivity index (χ4n) is 3.49. The lowest BCUT2D eigenvalue weighted by molar-refractivity contribution is -0.141. The van der Waals surface area contributed by atoms with Crippen LogP contribution in [0, 0.1) is 5.82 Å². The van der Waals surface area contributed by atoms with Crippen LogP contribution < -0.4 is 5.32 Å². The smallest absolute Gasteiger partial charge is 0.336 e. The molecule has 1 atom stereocenters. The predicted molar refractivity (Wildman–Crippen MR) is 107 cm³/mol. The Labute approximate surface area is 171 Å². The summed E-state index contributed by atoms with van der Waals surface area (Å²) in [6.07, 6.45) is 2.91. The van der Waals surface area contributed by atoms with Crippen molar-refractivity contribution in [3.8, 4) is 0 Å². The van der Waals surface area contributed by atoms with Gasteiger partial charge in [-0.1, -0.05) is 31.9 Å². The third kappa shape index (κ3) is 5.89. The van der Waals surface area contributed by atoms with Crippen LogP contribution in [0.1, 0.15) is 57.9 Å². The average Bonchev–Trinajstić information content (AvgIpc) is 2.68. The minimum absolute atomic E-state index is 0.0297. The van der Waals surface area contributed by atoms with Crippen LogP contribution in [0.15, 0.2) is 35.5 Å². The molecule has 0 saturated heterocycles. The number of halogens is 1. The van der Waals surface area contributed by atoms with Crippen LogP contribution in [-0.2, 0) is 19.1 Å². The molecule has 1 aromatic carbocycles. The first kappa shape index (κ1) is 22.6. The summed E-state index contributed by atoms with van der Waals surface area (Å²) in [7, 11) is 0. The quantitative estimate of drug-likeness (QED) is 0.506. The van der Waals surface area contributed by atoms with Gasteiger partial charge in [-0.15, -0.1) is 0 Å². The van der Waals surface area contributed by atoms with Gasteiger partial charge in [0.25, 0.3) is 0 Å². The summed E-state index contributed by atoms with van der Waals surface area (Å²) in [6, 6.07) is 5.86. The minimum atomic E-state index is -0.610. The maximum atomic E-state index is 13.7. The van der Waals surface area contributed by atoms with Crippen molar-refractivity contribution >= 4 is 17.8 Å². The summed E-state index contributed by atoms with van der Waals surface area (Å²) in [6.45, 7) is 5.97. The molecular weight excluding hydrogens is 375 g/mol. The normalized spacial score (nSPS) is 16.8. The molecule has 1 aromatic rings. The Kier molecular flexibility index (Phi) is 8.36. The highest BCUT2D eigenvalue weighted by Crippen LogP contribution is 2.37. The fraction of sp³-hybridized carbons (Fsp3) is 0.500. The highest BCUT2D eigenvalue weighted by atomic mass is 19.1. The summed E-state index contributed by atoms with van der Waals surface area (Å²) in [5.41, 5.74) is 1.19. The predicted octanol–water partition coefficient (Wildman–Crippen LogP) is 3.29. The van der Waals surface area contributed by atoms with Gasteiger partial charge in [-0.05, 0) is 38.0 Å². The lowest BCUT2D eigenvalue weighted by Crippen LogP contribution is -2.44.